The van der Waals surface area contributed by atoms with E-state index in [1.54, 1.807) is 4.90 Å². The molecule has 1 aromatic carbocycles. The van der Waals surface area contributed by atoms with Crippen molar-refractivity contribution in [3.05, 3.63) is 52.6 Å². The van der Waals surface area contributed by atoms with Gasteiger partial charge in [0.1, 0.15) is 5.82 Å². The van der Waals surface area contributed by atoms with Gasteiger partial charge >= 0.3 is 11.9 Å². The molecule has 0 bridgehead atoms. The minimum atomic E-state index is -4.46. The normalized spacial score (nSPS) is 17.7. The van der Waals surface area contributed by atoms with Crippen molar-refractivity contribution in [2.75, 3.05) is 18.0 Å². The van der Waals surface area contributed by atoms with Crippen molar-refractivity contribution < 1.29 is 26.0 Å². The summed E-state index contributed by atoms with van der Waals surface area (Å²) in [7, 11) is -2.40. The van der Waals surface area contributed by atoms with Crippen molar-refractivity contribution in [3.63, 3.8) is 0 Å². The van der Waals surface area contributed by atoms with E-state index in [2.05, 4.69) is 9.71 Å². The SMILES string of the molecule is Cn1c(=O)oc2ccc(S(=O)(=O)N[C@H]3CCN(c4ccc(C(F)(F)F)cn4)C3)cc21. The lowest BCUT2D eigenvalue weighted by atomic mass is 10.3. The second-order valence-corrected chi connectivity index (χ2v) is 8.73. The summed E-state index contributed by atoms with van der Waals surface area (Å²) in [4.78, 5) is 17.1. The van der Waals surface area contributed by atoms with Crippen LogP contribution in [0.15, 0.2) is 50.6 Å². The summed E-state index contributed by atoms with van der Waals surface area (Å²) >= 11 is 0. The van der Waals surface area contributed by atoms with Crippen LogP contribution < -0.4 is 15.4 Å². The fourth-order valence-electron chi connectivity index (χ4n) is 3.37. The molecule has 2 aromatic heterocycles. The monoisotopic (exact) mass is 442 g/mol. The number of nitrogens with one attached hydrogen (secondary N) is 1. The van der Waals surface area contributed by atoms with E-state index in [1.165, 1.54) is 35.9 Å². The molecule has 8 nitrogen and oxygen atoms in total. The quantitative estimate of drug-likeness (QED) is 0.665. The van der Waals surface area contributed by atoms with Crippen molar-refractivity contribution in [1.29, 1.82) is 0 Å². The third kappa shape index (κ3) is 3.79. The standard InChI is InChI=1S/C18H17F3N4O4S/c1-24-14-8-13(3-4-15(14)29-17(24)26)30(27,28)23-12-6-7-25(10-12)16-5-2-11(9-22-16)18(19,20)21/h2-5,8-9,12,23H,6-7,10H2,1H3/t12-/m0/s1. The number of anilines is 1. The van der Waals surface area contributed by atoms with Gasteiger partial charge in [0, 0.05) is 32.4 Å². The van der Waals surface area contributed by atoms with Gasteiger partial charge in [0.2, 0.25) is 10.0 Å². The average Bonchev–Trinajstić information content (AvgIpc) is 3.25. The van der Waals surface area contributed by atoms with Gasteiger partial charge in [0.05, 0.1) is 16.0 Å². The Morgan fingerprint density at radius 1 is 1.23 bits per heavy atom. The Bertz CT molecular complexity index is 1250. The molecule has 1 saturated heterocycles. The van der Waals surface area contributed by atoms with Gasteiger partial charge in [-0.15, -0.1) is 0 Å². The van der Waals surface area contributed by atoms with E-state index in [-0.39, 0.29) is 17.0 Å². The Hall–Kier alpha value is -2.86. The third-order valence-corrected chi connectivity index (χ3v) is 6.50. The smallest absolute Gasteiger partial charge is 0.408 e. The van der Waals surface area contributed by atoms with Gasteiger partial charge in [0.25, 0.3) is 0 Å². The number of aryl methyl sites for hydroxylation is 1. The van der Waals surface area contributed by atoms with Crippen molar-refractivity contribution in [1.82, 2.24) is 14.3 Å². The number of hydrogen-bond acceptors (Lipinski definition) is 6. The fraction of sp³-hybridized carbons (Fsp3) is 0.333. The number of aromatic nitrogens is 2. The van der Waals surface area contributed by atoms with E-state index < -0.39 is 33.6 Å². The molecule has 1 fully saturated rings. The number of pyridine rings is 1. The number of oxazole rings is 1. The number of fused-ring (bicyclic) bond motifs is 1. The largest absolute Gasteiger partial charge is 0.419 e. The van der Waals surface area contributed by atoms with Crippen LogP contribution in [0.2, 0.25) is 0 Å². The highest BCUT2D eigenvalue weighted by Gasteiger charge is 2.32. The fourth-order valence-corrected chi connectivity index (χ4v) is 4.65. The Morgan fingerprint density at radius 2 is 2.00 bits per heavy atom. The second-order valence-electron chi connectivity index (χ2n) is 7.01. The Labute approximate surface area is 169 Å². The summed E-state index contributed by atoms with van der Waals surface area (Å²) in [6.07, 6.45) is -3.24. The maximum atomic E-state index is 12.8. The molecule has 1 atom stereocenters. The highest BCUT2D eigenvalue weighted by molar-refractivity contribution is 7.89. The molecule has 12 heteroatoms. The molecule has 160 valence electrons. The van der Waals surface area contributed by atoms with Crippen LogP contribution in [-0.4, -0.2) is 37.1 Å². The van der Waals surface area contributed by atoms with Gasteiger partial charge in [-0.1, -0.05) is 0 Å². The van der Waals surface area contributed by atoms with Crippen LogP contribution in [-0.2, 0) is 23.2 Å². The summed E-state index contributed by atoms with van der Waals surface area (Å²) in [5, 5.41) is 0. The molecule has 3 heterocycles. The number of rotatable bonds is 4. The molecule has 0 spiro atoms. The lowest BCUT2D eigenvalue weighted by Gasteiger charge is -2.18. The summed E-state index contributed by atoms with van der Waals surface area (Å²) in [6, 6.07) is 5.89. The maximum Gasteiger partial charge on any atom is 0.419 e. The Balaban J connectivity index is 1.48. The zero-order valence-electron chi connectivity index (χ0n) is 15.7. The molecule has 0 saturated carbocycles. The molecule has 0 aliphatic carbocycles. The highest BCUT2D eigenvalue weighted by atomic mass is 32.2. The Kier molecular flexibility index (Phi) is 4.85. The molecule has 1 aliphatic rings. The number of halogens is 3. The van der Waals surface area contributed by atoms with Gasteiger partial charge in [-0.2, -0.15) is 13.2 Å². The first-order chi connectivity index (χ1) is 14.0. The van der Waals surface area contributed by atoms with E-state index in [0.717, 1.165) is 12.3 Å². The molecule has 4 rings (SSSR count). The lowest BCUT2D eigenvalue weighted by Crippen LogP contribution is -2.37. The molecule has 30 heavy (non-hydrogen) atoms. The van der Waals surface area contributed by atoms with Gasteiger partial charge in [-0.3, -0.25) is 4.57 Å². The minimum Gasteiger partial charge on any atom is -0.408 e. The van der Waals surface area contributed by atoms with Crippen molar-refractivity contribution in [2.45, 2.75) is 23.5 Å². The lowest BCUT2D eigenvalue weighted by molar-refractivity contribution is -0.137. The van der Waals surface area contributed by atoms with E-state index in [1.807, 2.05) is 0 Å². The Morgan fingerprint density at radius 3 is 2.67 bits per heavy atom. The number of benzene rings is 1. The van der Waals surface area contributed by atoms with Gasteiger partial charge in [0.15, 0.2) is 5.58 Å². The zero-order valence-corrected chi connectivity index (χ0v) is 16.5. The summed E-state index contributed by atoms with van der Waals surface area (Å²) in [5.41, 5.74) is -0.210. The molecule has 0 amide bonds. The molecule has 1 aliphatic heterocycles. The number of hydrogen-bond donors (Lipinski definition) is 1. The van der Waals surface area contributed by atoms with Crippen molar-refractivity contribution in [2.24, 2.45) is 7.05 Å². The van der Waals surface area contributed by atoms with Gasteiger partial charge in [-0.25, -0.2) is 22.9 Å². The summed E-state index contributed by atoms with van der Waals surface area (Å²) < 4.78 is 72.4. The van der Waals surface area contributed by atoms with Crippen LogP contribution in [0, 0.1) is 0 Å². The molecule has 1 N–H and O–H groups in total. The number of sulfonamides is 1. The summed E-state index contributed by atoms with van der Waals surface area (Å²) in [6.45, 7) is 0.713. The van der Waals surface area contributed by atoms with Gasteiger partial charge in [-0.05, 0) is 36.8 Å². The number of nitrogens with zero attached hydrogens (tertiary/aromatic N) is 3. The average molecular weight is 442 g/mol. The minimum absolute atomic E-state index is 0.0162. The van der Waals surface area contributed by atoms with Crippen LogP contribution >= 0.6 is 0 Å². The second kappa shape index (κ2) is 7.13. The van der Waals surface area contributed by atoms with Crippen LogP contribution in [0.1, 0.15) is 12.0 Å². The van der Waals surface area contributed by atoms with Crippen LogP contribution in [0.3, 0.4) is 0 Å². The van der Waals surface area contributed by atoms with Gasteiger partial charge < -0.3 is 9.32 Å². The first-order valence-electron chi connectivity index (χ1n) is 8.95. The van der Waals surface area contributed by atoms with E-state index in [0.29, 0.717) is 24.3 Å². The van der Waals surface area contributed by atoms with E-state index >= 15 is 0 Å². The molecule has 3 aromatic rings. The zero-order chi connectivity index (χ0) is 21.7. The topological polar surface area (TPSA) is 97.4 Å². The summed E-state index contributed by atoms with van der Waals surface area (Å²) in [5.74, 6) is -0.248. The third-order valence-electron chi connectivity index (χ3n) is 4.98. The van der Waals surface area contributed by atoms with E-state index in [4.69, 9.17) is 4.42 Å². The van der Waals surface area contributed by atoms with Crippen molar-refractivity contribution in [3.8, 4) is 0 Å². The molecule has 0 radical (unpaired) electrons. The maximum absolute atomic E-state index is 12.8. The molecular formula is C18H17F3N4O4S. The van der Waals surface area contributed by atoms with Crippen LogP contribution in [0.5, 0.6) is 0 Å². The first-order valence-corrected chi connectivity index (χ1v) is 10.4. The predicted molar refractivity (Wildman–Crippen MR) is 102 cm³/mol. The predicted octanol–water partition coefficient (Wildman–Crippen LogP) is 2.10. The van der Waals surface area contributed by atoms with Crippen LogP contribution in [0.25, 0.3) is 11.1 Å². The molecule has 0 unspecified atom stereocenters. The molecular weight excluding hydrogens is 425 g/mol. The van der Waals surface area contributed by atoms with E-state index in [9.17, 15) is 26.4 Å². The highest BCUT2D eigenvalue weighted by Crippen LogP contribution is 2.30. The van der Waals surface area contributed by atoms with Crippen molar-refractivity contribution >= 4 is 26.9 Å². The first kappa shape index (κ1) is 20.4. The number of alkyl halides is 3. The van der Waals surface area contributed by atoms with Crippen LogP contribution in [0.4, 0.5) is 19.0 Å².